The monoisotopic (exact) mass is 290 g/mol. The van der Waals surface area contributed by atoms with Gasteiger partial charge in [0.15, 0.2) is 0 Å². The van der Waals surface area contributed by atoms with E-state index in [-0.39, 0.29) is 0 Å². The second-order valence-corrected chi connectivity index (χ2v) is 6.43. The second kappa shape index (κ2) is 6.57. The molecule has 0 spiro atoms. The summed E-state index contributed by atoms with van der Waals surface area (Å²) in [5.74, 6) is 1.08. The summed E-state index contributed by atoms with van der Waals surface area (Å²) < 4.78 is 5.69. The molecule has 0 atom stereocenters. The van der Waals surface area contributed by atoms with Gasteiger partial charge >= 0.3 is 0 Å². The summed E-state index contributed by atoms with van der Waals surface area (Å²) in [6.45, 7) is 7.27. The molecule has 0 bridgehead atoms. The Kier molecular flexibility index (Phi) is 4.55. The highest BCUT2D eigenvalue weighted by atomic mass is 32.1. The molecule has 4 heteroatoms. The number of hydrogen-bond donors (Lipinski definition) is 1. The van der Waals surface area contributed by atoms with Crippen LogP contribution >= 0.6 is 11.3 Å². The Labute approximate surface area is 124 Å². The van der Waals surface area contributed by atoms with Crippen LogP contribution in [0.25, 0.3) is 0 Å². The van der Waals surface area contributed by atoms with Gasteiger partial charge in [0.2, 0.25) is 0 Å². The highest BCUT2D eigenvalue weighted by Crippen LogP contribution is 2.25. The third-order valence-electron chi connectivity index (χ3n) is 3.73. The molecule has 2 aromatic heterocycles. The fraction of sp³-hybridized carbons (Fsp3) is 0.500. The van der Waals surface area contributed by atoms with Crippen molar-refractivity contribution in [1.82, 2.24) is 10.2 Å². The maximum absolute atomic E-state index is 5.69. The van der Waals surface area contributed by atoms with Crippen molar-refractivity contribution >= 4 is 11.3 Å². The molecule has 108 valence electrons. The Morgan fingerprint density at radius 1 is 1.45 bits per heavy atom. The third-order valence-corrected chi connectivity index (χ3v) is 4.75. The van der Waals surface area contributed by atoms with Crippen molar-refractivity contribution in [2.45, 2.75) is 39.4 Å². The first-order valence-electron chi connectivity index (χ1n) is 7.39. The van der Waals surface area contributed by atoms with Gasteiger partial charge in [-0.2, -0.15) is 0 Å². The van der Waals surface area contributed by atoms with E-state index in [0.717, 1.165) is 38.5 Å². The first-order chi connectivity index (χ1) is 9.85. The SMILES string of the molecule is CCCNCc1coc(CN2CCc3sccc3C2)c1. The van der Waals surface area contributed by atoms with Crippen molar-refractivity contribution in [3.05, 3.63) is 45.5 Å². The lowest BCUT2D eigenvalue weighted by atomic mass is 10.1. The Morgan fingerprint density at radius 3 is 3.30 bits per heavy atom. The molecule has 1 N–H and O–H groups in total. The lowest BCUT2D eigenvalue weighted by Crippen LogP contribution is -2.28. The fourth-order valence-corrected chi connectivity index (χ4v) is 3.56. The minimum Gasteiger partial charge on any atom is -0.468 e. The third kappa shape index (κ3) is 3.32. The molecule has 3 nitrogen and oxygen atoms in total. The molecular formula is C16H22N2OS. The number of fused-ring (bicyclic) bond motifs is 1. The molecule has 3 heterocycles. The summed E-state index contributed by atoms with van der Waals surface area (Å²) >= 11 is 1.89. The van der Waals surface area contributed by atoms with Gasteiger partial charge in [-0.05, 0) is 42.5 Å². The van der Waals surface area contributed by atoms with Crippen LogP contribution in [-0.2, 0) is 26.1 Å². The highest BCUT2D eigenvalue weighted by molar-refractivity contribution is 7.10. The largest absolute Gasteiger partial charge is 0.468 e. The number of hydrogen-bond acceptors (Lipinski definition) is 4. The minimum absolute atomic E-state index is 0.909. The van der Waals surface area contributed by atoms with Crippen LogP contribution in [0.4, 0.5) is 0 Å². The van der Waals surface area contributed by atoms with E-state index < -0.39 is 0 Å². The molecule has 0 saturated carbocycles. The summed E-state index contributed by atoms with van der Waals surface area (Å²) in [5, 5.41) is 5.61. The molecular weight excluding hydrogens is 268 g/mol. The number of rotatable bonds is 6. The molecule has 0 fully saturated rings. The Balaban J connectivity index is 1.54. The average molecular weight is 290 g/mol. The summed E-state index contributed by atoms with van der Waals surface area (Å²) in [4.78, 5) is 4.03. The van der Waals surface area contributed by atoms with Crippen LogP contribution in [-0.4, -0.2) is 18.0 Å². The van der Waals surface area contributed by atoms with E-state index in [2.05, 4.69) is 34.7 Å². The lowest BCUT2D eigenvalue weighted by molar-refractivity contribution is 0.227. The van der Waals surface area contributed by atoms with E-state index in [4.69, 9.17) is 4.42 Å². The van der Waals surface area contributed by atoms with Gasteiger partial charge in [-0.3, -0.25) is 4.90 Å². The maximum Gasteiger partial charge on any atom is 0.118 e. The van der Waals surface area contributed by atoms with Crippen LogP contribution in [0.15, 0.2) is 28.2 Å². The number of nitrogens with zero attached hydrogens (tertiary/aromatic N) is 1. The molecule has 20 heavy (non-hydrogen) atoms. The van der Waals surface area contributed by atoms with E-state index in [9.17, 15) is 0 Å². The van der Waals surface area contributed by atoms with Gasteiger partial charge in [-0.25, -0.2) is 0 Å². The summed E-state index contributed by atoms with van der Waals surface area (Å²) in [6.07, 6.45) is 4.23. The number of furan rings is 1. The summed E-state index contributed by atoms with van der Waals surface area (Å²) in [6, 6.07) is 4.44. The highest BCUT2D eigenvalue weighted by Gasteiger charge is 2.18. The van der Waals surface area contributed by atoms with Crippen LogP contribution in [0, 0.1) is 0 Å². The predicted octanol–water partition coefficient (Wildman–Crippen LogP) is 3.40. The topological polar surface area (TPSA) is 28.4 Å². The van der Waals surface area contributed by atoms with Gasteiger partial charge < -0.3 is 9.73 Å². The van der Waals surface area contributed by atoms with Gasteiger partial charge in [0, 0.05) is 30.1 Å². The summed E-state index contributed by atoms with van der Waals surface area (Å²) in [5.41, 5.74) is 2.75. The number of nitrogens with one attached hydrogen (secondary N) is 1. The van der Waals surface area contributed by atoms with Crippen molar-refractivity contribution in [2.75, 3.05) is 13.1 Å². The van der Waals surface area contributed by atoms with E-state index >= 15 is 0 Å². The molecule has 0 amide bonds. The van der Waals surface area contributed by atoms with Crippen LogP contribution in [0.5, 0.6) is 0 Å². The van der Waals surface area contributed by atoms with Crippen molar-refractivity contribution in [3.8, 4) is 0 Å². The van der Waals surface area contributed by atoms with Crippen LogP contribution in [0.2, 0.25) is 0 Å². The molecule has 3 rings (SSSR count). The van der Waals surface area contributed by atoms with Crippen LogP contribution < -0.4 is 5.32 Å². The average Bonchev–Trinajstić information content (AvgIpc) is 3.08. The molecule has 0 radical (unpaired) electrons. The zero-order chi connectivity index (χ0) is 13.8. The van der Waals surface area contributed by atoms with Gasteiger partial charge in [0.05, 0.1) is 12.8 Å². The molecule has 0 aliphatic carbocycles. The minimum atomic E-state index is 0.909. The Bertz CT molecular complexity index is 546. The maximum atomic E-state index is 5.69. The fourth-order valence-electron chi connectivity index (χ4n) is 2.67. The smallest absolute Gasteiger partial charge is 0.118 e. The molecule has 0 saturated heterocycles. The van der Waals surface area contributed by atoms with E-state index in [0.29, 0.717) is 0 Å². The second-order valence-electron chi connectivity index (χ2n) is 5.43. The van der Waals surface area contributed by atoms with Crippen molar-refractivity contribution in [1.29, 1.82) is 0 Å². The Morgan fingerprint density at radius 2 is 2.40 bits per heavy atom. The first kappa shape index (κ1) is 13.9. The quantitative estimate of drug-likeness (QED) is 0.827. The van der Waals surface area contributed by atoms with Crippen LogP contribution in [0.1, 0.15) is 35.1 Å². The van der Waals surface area contributed by atoms with Crippen LogP contribution in [0.3, 0.4) is 0 Å². The molecule has 0 aromatic carbocycles. The standard InChI is InChI=1S/C16H22N2OS/c1-2-5-17-9-13-8-15(19-12-13)11-18-6-3-16-14(10-18)4-7-20-16/h4,7-8,12,17H,2-3,5-6,9-11H2,1H3. The predicted molar refractivity (Wildman–Crippen MR) is 82.8 cm³/mol. The first-order valence-corrected chi connectivity index (χ1v) is 8.27. The van der Waals surface area contributed by atoms with Gasteiger partial charge in [0.1, 0.15) is 5.76 Å². The van der Waals surface area contributed by atoms with E-state index in [1.807, 2.05) is 17.6 Å². The summed E-state index contributed by atoms with van der Waals surface area (Å²) in [7, 11) is 0. The normalized spacial score (nSPS) is 15.4. The van der Waals surface area contributed by atoms with Crippen molar-refractivity contribution in [3.63, 3.8) is 0 Å². The zero-order valence-corrected chi connectivity index (χ0v) is 12.8. The molecule has 0 unspecified atom stereocenters. The van der Waals surface area contributed by atoms with Gasteiger partial charge in [0.25, 0.3) is 0 Å². The van der Waals surface area contributed by atoms with Crippen molar-refractivity contribution < 1.29 is 4.42 Å². The zero-order valence-electron chi connectivity index (χ0n) is 12.0. The number of thiophene rings is 1. The van der Waals surface area contributed by atoms with Gasteiger partial charge in [-0.15, -0.1) is 11.3 Å². The molecule has 1 aliphatic rings. The lowest BCUT2D eigenvalue weighted by Gasteiger charge is -2.25. The Hall–Kier alpha value is -1.10. The van der Waals surface area contributed by atoms with E-state index in [1.165, 1.54) is 24.0 Å². The van der Waals surface area contributed by atoms with Gasteiger partial charge in [-0.1, -0.05) is 6.92 Å². The van der Waals surface area contributed by atoms with Crippen molar-refractivity contribution in [2.24, 2.45) is 0 Å². The molecule has 1 aliphatic heterocycles. The molecule has 2 aromatic rings. The van der Waals surface area contributed by atoms with E-state index in [1.54, 1.807) is 4.88 Å².